The molecule has 1 atom stereocenters. The number of hydrogen-bond donors (Lipinski definition) is 2. The topological polar surface area (TPSA) is 148 Å². The summed E-state index contributed by atoms with van der Waals surface area (Å²) in [4.78, 5) is 21.0. The number of amides is 1. The predicted octanol–water partition coefficient (Wildman–Crippen LogP) is 3.83. The van der Waals surface area contributed by atoms with E-state index >= 15 is 0 Å². The first-order chi connectivity index (χ1) is 19.0. The monoisotopic (exact) mass is 599 g/mol. The Hall–Kier alpha value is -4.20. The van der Waals surface area contributed by atoms with Crippen molar-refractivity contribution in [3.8, 4) is 5.75 Å². The van der Waals surface area contributed by atoms with E-state index < -0.39 is 32.1 Å². The number of nitrogens with one attached hydrogen (secondary N) is 2. The maximum atomic E-state index is 13.5. The minimum absolute atomic E-state index is 0.00855. The van der Waals surface area contributed by atoms with Gasteiger partial charge in [0.2, 0.25) is 5.95 Å². The number of aryl methyl sites for hydroxylation is 1. The Bertz CT molecular complexity index is 1780. The lowest BCUT2D eigenvalue weighted by molar-refractivity contribution is -0.122. The zero-order chi connectivity index (χ0) is 28.5. The number of nitrogens with zero attached hydrogens (tertiary/aromatic N) is 3. The average molecular weight is 600 g/mol. The molecule has 1 unspecified atom stereocenters. The summed E-state index contributed by atoms with van der Waals surface area (Å²) in [7, 11) is -8.03. The third-order valence-corrected chi connectivity index (χ3v) is 9.27. The lowest BCUT2D eigenvalue weighted by Gasteiger charge is -2.34. The molecule has 14 heteroatoms. The van der Waals surface area contributed by atoms with Crippen molar-refractivity contribution in [2.75, 3.05) is 20.9 Å². The normalized spacial score (nSPS) is 15.1. The summed E-state index contributed by atoms with van der Waals surface area (Å²) < 4.78 is 61.7. The van der Waals surface area contributed by atoms with Gasteiger partial charge in [-0.2, -0.15) is 0 Å². The smallest absolute Gasteiger partial charge is 0.267 e. The van der Waals surface area contributed by atoms with Gasteiger partial charge in [-0.25, -0.2) is 31.5 Å². The summed E-state index contributed by atoms with van der Waals surface area (Å²) in [5, 5.41) is 3.04. The van der Waals surface area contributed by atoms with Gasteiger partial charge in [0.05, 0.1) is 22.0 Å². The van der Waals surface area contributed by atoms with E-state index in [-0.39, 0.29) is 33.7 Å². The Kier molecular flexibility index (Phi) is 7.36. The molecule has 5 rings (SSSR count). The summed E-state index contributed by atoms with van der Waals surface area (Å²) in [6, 6.07) is 19.3. The number of carbonyl (C=O) groups is 1. The quantitative estimate of drug-likeness (QED) is 0.326. The van der Waals surface area contributed by atoms with Crippen LogP contribution in [0.3, 0.4) is 0 Å². The summed E-state index contributed by atoms with van der Waals surface area (Å²) in [5.41, 5.74) is 1.17. The standard InChI is InChI=1S/C26H22ClN5O6S2/c1-17-14-15-28-26(29-17)31-39(34,35)20-12-8-19(9-13-20)30-25(33)24-16-32(22-4-2-3-5-23(22)38-24)40(36,37)21-10-6-18(27)7-11-21/h2-15,24H,16H2,1H3,(H,30,33)(H,28,29,31). The van der Waals surface area contributed by atoms with Gasteiger partial charge in [-0.1, -0.05) is 23.7 Å². The molecule has 0 aliphatic carbocycles. The van der Waals surface area contributed by atoms with Gasteiger partial charge in [-0.3, -0.25) is 9.10 Å². The van der Waals surface area contributed by atoms with E-state index in [1.807, 2.05) is 0 Å². The summed E-state index contributed by atoms with van der Waals surface area (Å²) in [5.74, 6) is -0.463. The molecule has 1 amide bonds. The van der Waals surface area contributed by atoms with Crippen LogP contribution in [0.4, 0.5) is 17.3 Å². The van der Waals surface area contributed by atoms with Crippen LogP contribution in [-0.2, 0) is 24.8 Å². The Balaban J connectivity index is 1.34. The van der Waals surface area contributed by atoms with E-state index in [0.717, 1.165) is 4.31 Å². The zero-order valence-electron chi connectivity index (χ0n) is 20.9. The molecule has 2 heterocycles. The summed E-state index contributed by atoms with van der Waals surface area (Å²) in [6.45, 7) is 1.42. The number of ether oxygens (including phenoxy) is 1. The fraction of sp³-hybridized carbons (Fsp3) is 0.115. The molecule has 0 spiro atoms. The number of hydrogen-bond acceptors (Lipinski definition) is 8. The molecular weight excluding hydrogens is 578 g/mol. The van der Waals surface area contributed by atoms with Crippen LogP contribution < -0.4 is 19.1 Å². The molecule has 1 aliphatic heterocycles. The van der Waals surface area contributed by atoms with Crippen molar-refractivity contribution >= 4 is 54.9 Å². The molecule has 40 heavy (non-hydrogen) atoms. The Morgan fingerprint density at radius 3 is 2.33 bits per heavy atom. The molecule has 11 nitrogen and oxygen atoms in total. The van der Waals surface area contributed by atoms with Crippen LogP contribution >= 0.6 is 11.6 Å². The van der Waals surface area contributed by atoms with E-state index in [9.17, 15) is 21.6 Å². The van der Waals surface area contributed by atoms with Crippen LogP contribution in [0.5, 0.6) is 5.75 Å². The Morgan fingerprint density at radius 1 is 0.950 bits per heavy atom. The second-order valence-corrected chi connectivity index (χ2v) is 12.7. The fourth-order valence-electron chi connectivity index (χ4n) is 3.92. The number of para-hydroxylation sites is 2. The van der Waals surface area contributed by atoms with Gasteiger partial charge in [0.1, 0.15) is 5.75 Å². The average Bonchev–Trinajstić information content (AvgIpc) is 2.92. The highest BCUT2D eigenvalue weighted by Gasteiger charge is 2.37. The van der Waals surface area contributed by atoms with Crippen molar-refractivity contribution in [3.63, 3.8) is 0 Å². The van der Waals surface area contributed by atoms with Crippen LogP contribution in [0.15, 0.2) is 94.9 Å². The van der Waals surface area contributed by atoms with Crippen LogP contribution in [0.2, 0.25) is 5.02 Å². The third kappa shape index (κ3) is 5.71. The Labute approximate surface area is 235 Å². The minimum atomic E-state index is -4.05. The van der Waals surface area contributed by atoms with Crippen molar-refractivity contribution in [2.24, 2.45) is 0 Å². The maximum Gasteiger partial charge on any atom is 0.267 e. The number of carbonyl (C=O) groups excluding carboxylic acids is 1. The SMILES string of the molecule is Cc1ccnc(NS(=O)(=O)c2ccc(NC(=O)C3CN(S(=O)(=O)c4ccc(Cl)cc4)c4ccccc4O3)cc2)n1. The molecule has 206 valence electrons. The number of fused-ring (bicyclic) bond motifs is 1. The van der Waals surface area contributed by atoms with E-state index in [4.69, 9.17) is 16.3 Å². The molecule has 3 aromatic carbocycles. The zero-order valence-corrected chi connectivity index (χ0v) is 23.2. The first-order valence-corrected chi connectivity index (χ1v) is 15.1. The number of benzene rings is 3. The number of anilines is 3. The molecule has 0 saturated carbocycles. The highest BCUT2D eigenvalue weighted by atomic mass is 35.5. The molecule has 0 fully saturated rings. The molecule has 1 aliphatic rings. The van der Waals surface area contributed by atoms with Gasteiger partial charge in [0.25, 0.3) is 26.0 Å². The number of sulfonamides is 2. The highest BCUT2D eigenvalue weighted by molar-refractivity contribution is 7.93. The minimum Gasteiger partial charge on any atom is -0.476 e. The van der Waals surface area contributed by atoms with Crippen LogP contribution in [0.1, 0.15) is 5.69 Å². The first kappa shape index (κ1) is 27.4. The van der Waals surface area contributed by atoms with Crippen LogP contribution in [0, 0.1) is 6.92 Å². The predicted molar refractivity (Wildman–Crippen MR) is 149 cm³/mol. The second-order valence-electron chi connectivity index (χ2n) is 8.71. The number of aromatic nitrogens is 2. The van der Waals surface area contributed by atoms with Crippen LogP contribution in [0.25, 0.3) is 0 Å². The third-order valence-electron chi connectivity index (χ3n) is 5.88. The Morgan fingerprint density at radius 2 is 1.62 bits per heavy atom. The van der Waals surface area contributed by atoms with Crippen molar-refractivity contribution < 1.29 is 26.4 Å². The lowest BCUT2D eigenvalue weighted by Crippen LogP contribution is -2.48. The van der Waals surface area contributed by atoms with Crippen molar-refractivity contribution in [1.29, 1.82) is 0 Å². The van der Waals surface area contributed by atoms with Gasteiger partial charge in [-0.15, -0.1) is 0 Å². The molecule has 4 aromatic rings. The molecule has 0 bridgehead atoms. The summed E-state index contributed by atoms with van der Waals surface area (Å²) >= 11 is 5.92. The molecule has 0 saturated heterocycles. The van der Waals surface area contributed by atoms with E-state index in [0.29, 0.717) is 16.4 Å². The van der Waals surface area contributed by atoms with E-state index in [1.54, 1.807) is 37.3 Å². The fourth-order valence-corrected chi connectivity index (χ4v) is 6.47. The van der Waals surface area contributed by atoms with Gasteiger partial charge in [-0.05, 0) is 73.7 Å². The first-order valence-electron chi connectivity index (χ1n) is 11.8. The van der Waals surface area contributed by atoms with Crippen molar-refractivity contribution in [2.45, 2.75) is 22.8 Å². The molecule has 2 N–H and O–H groups in total. The number of halogens is 1. The second kappa shape index (κ2) is 10.8. The van der Waals surface area contributed by atoms with Gasteiger partial charge in [0, 0.05) is 22.6 Å². The van der Waals surface area contributed by atoms with E-state index in [2.05, 4.69) is 20.0 Å². The lowest BCUT2D eigenvalue weighted by atomic mass is 10.2. The molecule has 1 aromatic heterocycles. The molecular formula is C26H22ClN5O6S2. The van der Waals surface area contributed by atoms with Crippen molar-refractivity contribution in [1.82, 2.24) is 9.97 Å². The van der Waals surface area contributed by atoms with Gasteiger partial charge in [0.15, 0.2) is 6.10 Å². The highest BCUT2D eigenvalue weighted by Crippen LogP contribution is 2.37. The van der Waals surface area contributed by atoms with E-state index in [1.165, 1.54) is 54.7 Å². The summed E-state index contributed by atoms with van der Waals surface area (Å²) in [6.07, 6.45) is 0.243. The maximum absolute atomic E-state index is 13.5. The largest absolute Gasteiger partial charge is 0.476 e. The number of rotatable bonds is 7. The van der Waals surface area contributed by atoms with Crippen LogP contribution in [-0.4, -0.2) is 45.4 Å². The van der Waals surface area contributed by atoms with Gasteiger partial charge >= 0.3 is 0 Å². The van der Waals surface area contributed by atoms with Crippen molar-refractivity contribution in [3.05, 3.63) is 95.8 Å². The van der Waals surface area contributed by atoms with Gasteiger partial charge < -0.3 is 10.1 Å². The molecule has 0 radical (unpaired) electrons.